The molecule has 7 nitrogen and oxygen atoms in total. The maximum Gasteiger partial charge on any atom is 0.410 e. The van der Waals surface area contributed by atoms with Crippen molar-refractivity contribution in [2.75, 3.05) is 19.0 Å². The van der Waals surface area contributed by atoms with Crippen molar-refractivity contribution in [3.63, 3.8) is 0 Å². The van der Waals surface area contributed by atoms with Crippen molar-refractivity contribution >= 4 is 23.7 Å². The molecule has 0 heterocycles. The molecule has 0 bridgehead atoms. The second-order valence-corrected chi connectivity index (χ2v) is 9.28. The van der Waals surface area contributed by atoms with Gasteiger partial charge < -0.3 is 19.7 Å². The molecule has 200 valence electrons. The van der Waals surface area contributed by atoms with Crippen LogP contribution in [-0.4, -0.2) is 42.6 Å². The maximum absolute atomic E-state index is 12.9. The fraction of sp³-hybridized carbons (Fsp3) is 0.323. The molecule has 3 aromatic rings. The number of nitrogens with zero attached hydrogens (tertiary/aromatic N) is 1. The predicted octanol–water partition coefficient (Wildman–Crippen LogP) is 5.54. The summed E-state index contributed by atoms with van der Waals surface area (Å²) in [7, 11) is 1.38. The van der Waals surface area contributed by atoms with E-state index >= 15 is 0 Å². The number of carbonyl (C=O) groups is 3. The Kier molecular flexibility index (Phi) is 10.5. The monoisotopic (exact) mass is 516 g/mol. The van der Waals surface area contributed by atoms with E-state index in [1.807, 2.05) is 79.7 Å². The van der Waals surface area contributed by atoms with Gasteiger partial charge >= 0.3 is 12.1 Å². The van der Waals surface area contributed by atoms with E-state index < -0.39 is 6.09 Å². The molecule has 38 heavy (non-hydrogen) atoms. The molecular weight excluding hydrogens is 480 g/mol. The highest BCUT2D eigenvalue weighted by Gasteiger charge is 2.23. The molecule has 1 N–H and O–H groups in total. The van der Waals surface area contributed by atoms with E-state index in [1.165, 1.54) is 14.0 Å². The first-order valence-corrected chi connectivity index (χ1v) is 12.8. The minimum absolute atomic E-state index is 0.130. The molecule has 3 aromatic carbocycles. The molecule has 3 rings (SSSR count). The standard InChI is InChI=1S/C31H36N2O5/c1-5-38-30(35)19-26-13-9-12-25(17-26)18-27-14-15-29(32-23(3)34)20-28(27)21-33(31(36)37-4)22(2)16-24-10-7-6-8-11-24/h6-15,17,20,22H,5,16,18-19,21H2,1-4H3,(H,32,34)/t22-/m0/s1. The molecule has 0 aliphatic carbocycles. The third-order valence-corrected chi connectivity index (χ3v) is 6.22. The number of benzene rings is 3. The average Bonchev–Trinajstić information content (AvgIpc) is 2.88. The lowest BCUT2D eigenvalue weighted by Crippen LogP contribution is -2.39. The first-order valence-electron chi connectivity index (χ1n) is 12.8. The molecule has 0 unspecified atom stereocenters. The maximum atomic E-state index is 12.9. The van der Waals surface area contributed by atoms with E-state index in [2.05, 4.69) is 5.32 Å². The van der Waals surface area contributed by atoms with Gasteiger partial charge in [-0.2, -0.15) is 0 Å². The number of hydrogen-bond acceptors (Lipinski definition) is 5. The molecule has 0 fully saturated rings. The molecule has 0 aliphatic rings. The van der Waals surface area contributed by atoms with Crippen LogP contribution < -0.4 is 5.32 Å². The van der Waals surface area contributed by atoms with Crippen LogP contribution in [0.3, 0.4) is 0 Å². The van der Waals surface area contributed by atoms with Gasteiger partial charge in [-0.1, -0.05) is 60.7 Å². The normalized spacial score (nSPS) is 11.4. The van der Waals surface area contributed by atoms with Gasteiger partial charge in [0.15, 0.2) is 0 Å². The molecule has 0 aromatic heterocycles. The summed E-state index contributed by atoms with van der Waals surface area (Å²) >= 11 is 0. The van der Waals surface area contributed by atoms with Gasteiger partial charge in [-0.3, -0.25) is 9.59 Å². The van der Waals surface area contributed by atoms with E-state index in [4.69, 9.17) is 9.47 Å². The van der Waals surface area contributed by atoms with Crippen molar-refractivity contribution in [1.29, 1.82) is 0 Å². The van der Waals surface area contributed by atoms with Crippen LogP contribution in [0.15, 0.2) is 72.8 Å². The first-order chi connectivity index (χ1) is 18.3. The minimum Gasteiger partial charge on any atom is -0.466 e. The number of anilines is 1. The Morgan fingerprint density at radius 1 is 0.895 bits per heavy atom. The zero-order valence-electron chi connectivity index (χ0n) is 22.5. The third-order valence-electron chi connectivity index (χ3n) is 6.22. The van der Waals surface area contributed by atoms with Crippen LogP contribution in [0, 0.1) is 0 Å². The molecule has 7 heteroatoms. The molecular formula is C31H36N2O5. The van der Waals surface area contributed by atoms with Gasteiger partial charge in [-0.05, 0) is 66.6 Å². The molecule has 0 aliphatic heterocycles. The summed E-state index contributed by atoms with van der Waals surface area (Å²) in [4.78, 5) is 38.3. The number of esters is 1. The zero-order chi connectivity index (χ0) is 27.5. The number of nitrogens with one attached hydrogen (secondary N) is 1. The highest BCUT2D eigenvalue weighted by atomic mass is 16.5. The quantitative estimate of drug-likeness (QED) is 0.338. The fourth-order valence-corrected chi connectivity index (χ4v) is 4.44. The summed E-state index contributed by atoms with van der Waals surface area (Å²) in [5, 5.41) is 2.84. The van der Waals surface area contributed by atoms with Gasteiger partial charge in [0.2, 0.25) is 5.91 Å². The van der Waals surface area contributed by atoms with E-state index in [1.54, 1.807) is 11.8 Å². The van der Waals surface area contributed by atoms with Crippen LogP contribution in [0.2, 0.25) is 0 Å². The first kappa shape index (κ1) is 28.4. The number of hydrogen-bond donors (Lipinski definition) is 1. The highest BCUT2D eigenvalue weighted by Crippen LogP contribution is 2.24. The molecule has 0 saturated carbocycles. The van der Waals surface area contributed by atoms with Crippen LogP contribution >= 0.6 is 0 Å². The van der Waals surface area contributed by atoms with Crippen LogP contribution in [0.25, 0.3) is 0 Å². The fourth-order valence-electron chi connectivity index (χ4n) is 4.44. The Labute approximate surface area is 224 Å². The van der Waals surface area contributed by atoms with Crippen LogP contribution in [0.1, 0.15) is 48.6 Å². The minimum atomic E-state index is -0.416. The number of rotatable bonds is 11. The molecule has 2 amide bonds. The smallest absolute Gasteiger partial charge is 0.410 e. The van der Waals surface area contributed by atoms with Gasteiger partial charge in [-0.15, -0.1) is 0 Å². The van der Waals surface area contributed by atoms with Crippen molar-refractivity contribution in [2.45, 2.75) is 52.6 Å². The van der Waals surface area contributed by atoms with Crippen molar-refractivity contribution in [3.8, 4) is 0 Å². The number of carbonyl (C=O) groups excluding carboxylic acids is 3. The van der Waals surface area contributed by atoms with Crippen molar-refractivity contribution in [2.24, 2.45) is 0 Å². The van der Waals surface area contributed by atoms with Crippen LogP contribution in [-0.2, 0) is 44.9 Å². The SMILES string of the molecule is CCOC(=O)Cc1cccc(Cc2ccc(NC(C)=O)cc2CN(C(=O)OC)[C@@H](C)Cc2ccccc2)c1. The summed E-state index contributed by atoms with van der Waals surface area (Å²) < 4.78 is 10.2. The van der Waals surface area contributed by atoms with Gasteiger partial charge in [-0.25, -0.2) is 4.79 Å². The Balaban J connectivity index is 1.90. The summed E-state index contributed by atoms with van der Waals surface area (Å²) in [6, 6.07) is 23.5. The summed E-state index contributed by atoms with van der Waals surface area (Å²) in [6.07, 6.45) is 1.06. The van der Waals surface area contributed by atoms with Crippen LogP contribution in [0.5, 0.6) is 0 Å². The van der Waals surface area contributed by atoms with Gasteiger partial charge in [0, 0.05) is 25.2 Å². The summed E-state index contributed by atoms with van der Waals surface area (Å²) in [5.41, 5.74) is 5.60. The third kappa shape index (κ3) is 8.47. The average molecular weight is 517 g/mol. The lowest BCUT2D eigenvalue weighted by atomic mass is 9.96. The van der Waals surface area contributed by atoms with E-state index in [-0.39, 0.29) is 24.3 Å². The van der Waals surface area contributed by atoms with E-state index in [0.29, 0.717) is 31.7 Å². The second kappa shape index (κ2) is 14.0. The lowest BCUT2D eigenvalue weighted by molar-refractivity contribution is -0.142. The predicted molar refractivity (Wildman–Crippen MR) is 148 cm³/mol. The number of methoxy groups -OCH3 is 1. The molecule has 0 radical (unpaired) electrons. The van der Waals surface area contributed by atoms with Crippen molar-refractivity contribution in [1.82, 2.24) is 4.90 Å². The lowest BCUT2D eigenvalue weighted by Gasteiger charge is -2.29. The highest BCUT2D eigenvalue weighted by molar-refractivity contribution is 5.88. The Morgan fingerprint density at radius 2 is 1.61 bits per heavy atom. The van der Waals surface area contributed by atoms with Gasteiger partial charge in [0.25, 0.3) is 0 Å². The topological polar surface area (TPSA) is 84.9 Å². The zero-order valence-corrected chi connectivity index (χ0v) is 22.5. The summed E-state index contributed by atoms with van der Waals surface area (Å²) in [6.45, 7) is 5.91. The second-order valence-electron chi connectivity index (χ2n) is 9.28. The van der Waals surface area contributed by atoms with Crippen molar-refractivity contribution < 1.29 is 23.9 Å². The van der Waals surface area contributed by atoms with Crippen molar-refractivity contribution in [3.05, 3.63) is 101 Å². The Bertz CT molecular complexity index is 1240. The molecule has 0 saturated heterocycles. The largest absolute Gasteiger partial charge is 0.466 e. The number of amides is 2. The summed E-state index contributed by atoms with van der Waals surface area (Å²) in [5.74, 6) is -0.427. The molecule has 1 atom stereocenters. The Morgan fingerprint density at radius 3 is 2.29 bits per heavy atom. The number of ether oxygens (including phenoxy) is 2. The van der Waals surface area contributed by atoms with Crippen LogP contribution in [0.4, 0.5) is 10.5 Å². The van der Waals surface area contributed by atoms with Gasteiger partial charge in [0.1, 0.15) is 0 Å². The van der Waals surface area contributed by atoms with E-state index in [9.17, 15) is 14.4 Å². The molecule has 0 spiro atoms. The van der Waals surface area contributed by atoms with Gasteiger partial charge in [0.05, 0.1) is 20.1 Å². The Hall–Kier alpha value is -4.13. The van der Waals surface area contributed by atoms with E-state index in [0.717, 1.165) is 27.8 Å².